The summed E-state index contributed by atoms with van der Waals surface area (Å²) in [5.74, 6) is 1.89. The van der Waals surface area contributed by atoms with Gasteiger partial charge in [-0.3, -0.25) is 0 Å². The lowest BCUT2D eigenvalue weighted by Crippen LogP contribution is -2.28. The number of hydrogen-bond donors (Lipinski definition) is 1. The molecule has 0 amide bonds. The zero-order chi connectivity index (χ0) is 10.8. The van der Waals surface area contributed by atoms with Gasteiger partial charge >= 0.3 is 0 Å². The molecular formula is C12H18BrNO2. The molecule has 0 fully saturated rings. The molecule has 0 aromatic heterocycles. The Morgan fingerprint density at radius 2 is 1.69 bits per heavy atom. The number of rotatable bonds is 2. The number of ether oxygens (including phenoxy) is 2. The van der Waals surface area contributed by atoms with Gasteiger partial charge in [-0.25, -0.2) is 0 Å². The Hall–Kier alpha value is -0.740. The molecule has 2 N–H and O–H groups in total. The molecule has 0 heterocycles. The van der Waals surface area contributed by atoms with E-state index in [4.69, 9.17) is 15.2 Å². The molecule has 1 aliphatic carbocycles. The molecule has 16 heavy (non-hydrogen) atoms. The standard InChI is InChI=1S/C12H17NO2.BrH/c1-14-11-5-6-12(15-2)10-7-8(13)3-4-9(10)11;/h5-6,8H,3-4,7,13H2,1-2H3;1H. The Bertz CT molecular complexity index is 368. The van der Waals surface area contributed by atoms with E-state index in [1.165, 1.54) is 11.1 Å². The van der Waals surface area contributed by atoms with Crippen molar-refractivity contribution in [3.63, 3.8) is 0 Å². The molecular weight excluding hydrogens is 270 g/mol. The van der Waals surface area contributed by atoms with Gasteiger partial charge in [0.05, 0.1) is 14.2 Å². The van der Waals surface area contributed by atoms with Crippen molar-refractivity contribution in [3.05, 3.63) is 23.3 Å². The van der Waals surface area contributed by atoms with E-state index in [1.54, 1.807) is 14.2 Å². The molecule has 0 saturated heterocycles. The van der Waals surface area contributed by atoms with Crippen LogP contribution < -0.4 is 15.2 Å². The van der Waals surface area contributed by atoms with Gasteiger partial charge in [-0.1, -0.05) is 0 Å². The first-order chi connectivity index (χ1) is 7.26. The van der Waals surface area contributed by atoms with Crippen molar-refractivity contribution < 1.29 is 9.47 Å². The molecule has 90 valence electrons. The predicted molar refractivity (Wildman–Crippen MR) is 69.9 cm³/mol. The van der Waals surface area contributed by atoms with Gasteiger partial charge in [0.1, 0.15) is 11.5 Å². The fourth-order valence-electron chi connectivity index (χ4n) is 2.22. The first kappa shape index (κ1) is 13.3. The molecule has 0 aliphatic heterocycles. The van der Waals surface area contributed by atoms with Crippen molar-refractivity contribution >= 4 is 17.0 Å². The SMILES string of the molecule is Br.COc1ccc(OC)c2c1CCC(N)C2. The zero-order valence-corrected chi connectivity index (χ0v) is 11.4. The number of hydrogen-bond acceptors (Lipinski definition) is 3. The Kier molecular flexibility index (Phi) is 4.62. The molecule has 1 aromatic rings. The van der Waals surface area contributed by atoms with Gasteiger partial charge in [-0.2, -0.15) is 0 Å². The van der Waals surface area contributed by atoms with Crippen LogP contribution in [0.4, 0.5) is 0 Å². The molecule has 0 saturated carbocycles. The Labute approximate surface area is 107 Å². The van der Waals surface area contributed by atoms with Crippen LogP contribution in [0.3, 0.4) is 0 Å². The second-order valence-corrected chi connectivity index (χ2v) is 3.93. The minimum Gasteiger partial charge on any atom is -0.496 e. The summed E-state index contributed by atoms with van der Waals surface area (Å²) in [6.07, 6.45) is 2.89. The van der Waals surface area contributed by atoms with Crippen molar-refractivity contribution in [1.29, 1.82) is 0 Å². The third-order valence-electron chi connectivity index (χ3n) is 3.02. The third-order valence-corrected chi connectivity index (χ3v) is 3.02. The molecule has 4 heteroatoms. The summed E-state index contributed by atoms with van der Waals surface area (Å²) in [4.78, 5) is 0. The van der Waals surface area contributed by atoms with E-state index < -0.39 is 0 Å². The average Bonchev–Trinajstić information content (AvgIpc) is 2.27. The molecule has 1 aromatic carbocycles. The molecule has 0 radical (unpaired) electrons. The number of fused-ring (bicyclic) bond motifs is 1. The van der Waals surface area contributed by atoms with Crippen molar-refractivity contribution in [1.82, 2.24) is 0 Å². The maximum absolute atomic E-state index is 5.97. The fraction of sp³-hybridized carbons (Fsp3) is 0.500. The molecule has 3 nitrogen and oxygen atoms in total. The van der Waals surface area contributed by atoms with Crippen LogP contribution in [0.5, 0.6) is 11.5 Å². The van der Waals surface area contributed by atoms with Crippen LogP contribution in [-0.4, -0.2) is 20.3 Å². The highest BCUT2D eigenvalue weighted by Gasteiger charge is 2.22. The second-order valence-electron chi connectivity index (χ2n) is 3.93. The summed E-state index contributed by atoms with van der Waals surface area (Å²) in [5.41, 5.74) is 8.45. The Morgan fingerprint density at radius 3 is 2.25 bits per heavy atom. The Morgan fingerprint density at radius 1 is 1.12 bits per heavy atom. The quantitative estimate of drug-likeness (QED) is 0.906. The van der Waals surface area contributed by atoms with E-state index in [0.717, 1.165) is 30.8 Å². The highest BCUT2D eigenvalue weighted by molar-refractivity contribution is 8.93. The lowest BCUT2D eigenvalue weighted by molar-refractivity contribution is 0.385. The maximum Gasteiger partial charge on any atom is 0.122 e. The topological polar surface area (TPSA) is 44.5 Å². The normalized spacial score (nSPS) is 18.3. The highest BCUT2D eigenvalue weighted by atomic mass is 79.9. The van der Waals surface area contributed by atoms with Crippen molar-refractivity contribution in [2.24, 2.45) is 5.73 Å². The molecule has 0 bridgehead atoms. The van der Waals surface area contributed by atoms with Crippen molar-refractivity contribution in [3.8, 4) is 11.5 Å². The second kappa shape index (κ2) is 5.55. The lowest BCUT2D eigenvalue weighted by Gasteiger charge is -2.25. The van der Waals surface area contributed by atoms with E-state index in [9.17, 15) is 0 Å². The van der Waals surface area contributed by atoms with E-state index in [-0.39, 0.29) is 23.0 Å². The van der Waals surface area contributed by atoms with E-state index in [1.807, 2.05) is 12.1 Å². The van der Waals surface area contributed by atoms with E-state index in [0.29, 0.717) is 0 Å². The number of nitrogens with two attached hydrogens (primary N) is 1. The number of methoxy groups -OCH3 is 2. The minimum atomic E-state index is 0. The van der Waals surface area contributed by atoms with Gasteiger partial charge in [0, 0.05) is 17.2 Å². The van der Waals surface area contributed by atoms with Crippen LogP contribution in [0.15, 0.2) is 12.1 Å². The summed E-state index contributed by atoms with van der Waals surface area (Å²) >= 11 is 0. The summed E-state index contributed by atoms with van der Waals surface area (Å²) in [6.45, 7) is 0. The summed E-state index contributed by atoms with van der Waals surface area (Å²) in [6, 6.07) is 4.17. The minimum absolute atomic E-state index is 0. The average molecular weight is 288 g/mol. The van der Waals surface area contributed by atoms with Crippen LogP contribution in [0, 0.1) is 0 Å². The zero-order valence-electron chi connectivity index (χ0n) is 9.66. The summed E-state index contributed by atoms with van der Waals surface area (Å²) < 4.78 is 10.7. The van der Waals surface area contributed by atoms with Gasteiger partial charge in [0.25, 0.3) is 0 Å². The van der Waals surface area contributed by atoms with Crippen molar-refractivity contribution in [2.75, 3.05) is 14.2 Å². The highest BCUT2D eigenvalue weighted by Crippen LogP contribution is 2.35. The molecule has 2 rings (SSSR count). The Balaban J connectivity index is 0.00000128. The van der Waals surface area contributed by atoms with E-state index in [2.05, 4.69) is 0 Å². The monoisotopic (exact) mass is 287 g/mol. The molecule has 1 atom stereocenters. The summed E-state index contributed by atoms with van der Waals surface area (Å²) in [7, 11) is 3.40. The third kappa shape index (κ3) is 2.33. The van der Waals surface area contributed by atoms with Gasteiger partial charge in [0.15, 0.2) is 0 Å². The molecule has 1 unspecified atom stereocenters. The van der Waals surface area contributed by atoms with Crippen LogP contribution in [0.25, 0.3) is 0 Å². The van der Waals surface area contributed by atoms with Crippen LogP contribution in [-0.2, 0) is 12.8 Å². The smallest absolute Gasteiger partial charge is 0.122 e. The van der Waals surface area contributed by atoms with Gasteiger partial charge in [0.2, 0.25) is 0 Å². The molecule has 0 spiro atoms. The van der Waals surface area contributed by atoms with Gasteiger partial charge < -0.3 is 15.2 Å². The molecule has 1 aliphatic rings. The predicted octanol–water partition coefficient (Wildman–Crippen LogP) is 2.10. The van der Waals surface area contributed by atoms with Crippen LogP contribution in [0.2, 0.25) is 0 Å². The number of benzene rings is 1. The lowest BCUT2D eigenvalue weighted by atomic mass is 9.87. The van der Waals surface area contributed by atoms with Gasteiger partial charge in [-0.15, -0.1) is 17.0 Å². The first-order valence-corrected chi connectivity index (χ1v) is 5.24. The fourth-order valence-corrected chi connectivity index (χ4v) is 2.22. The van der Waals surface area contributed by atoms with Crippen molar-refractivity contribution in [2.45, 2.75) is 25.3 Å². The summed E-state index contributed by atoms with van der Waals surface area (Å²) in [5, 5.41) is 0. The maximum atomic E-state index is 5.97. The number of halogens is 1. The van der Waals surface area contributed by atoms with Crippen LogP contribution >= 0.6 is 17.0 Å². The van der Waals surface area contributed by atoms with Gasteiger partial charge in [-0.05, 0) is 31.4 Å². The first-order valence-electron chi connectivity index (χ1n) is 5.24. The van der Waals surface area contributed by atoms with Crippen LogP contribution in [0.1, 0.15) is 17.5 Å². The largest absolute Gasteiger partial charge is 0.496 e. The van der Waals surface area contributed by atoms with E-state index >= 15 is 0 Å².